The maximum absolute atomic E-state index is 6.38. The molecule has 9 aromatic carbocycles. The summed E-state index contributed by atoms with van der Waals surface area (Å²) in [6, 6.07) is 77.9. The Balaban J connectivity index is 1.09. The molecule has 284 valence electrons. The number of fused-ring (bicyclic) bond motifs is 9. The number of benzene rings is 9. The summed E-state index contributed by atoms with van der Waals surface area (Å²) in [6.45, 7) is 4.78. The molecule has 0 radical (unpaired) electrons. The molecule has 2 aliphatic rings. The molecule has 2 heteroatoms. The van der Waals surface area contributed by atoms with E-state index in [1.54, 1.807) is 0 Å². The highest BCUT2D eigenvalue weighted by Crippen LogP contribution is 2.58. The molecule has 10 aromatic rings. The third kappa shape index (κ3) is 4.88. The summed E-state index contributed by atoms with van der Waals surface area (Å²) < 4.78 is 6.38. The first-order valence-electron chi connectivity index (χ1n) is 20.9. The molecular weight excluding hydrogens is 727 g/mol. The zero-order chi connectivity index (χ0) is 40.0. The van der Waals surface area contributed by atoms with Gasteiger partial charge >= 0.3 is 0 Å². The van der Waals surface area contributed by atoms with Crippen molar-refractivity contribution in [3.05, 3.63) is 246 Å². The minimum Gasteiger partial charge on any atom is -0.456 e. The van der Waals surface area contributed by atoms with E-state index in [0.29, 0.717) is 0 Å². The number of para-hydroxylation sites is 1. The maximum atomic E-state index is 6.38. The Morgan fingerprint density at radius 1 is 0.367 bits per heavy atom. The fourth-order valence-corrected chi connectivity index (χ4v) is 10.7. The van der Waals surface area contributed by atoms with E-state index in [9.17, 15) is 0 Å². The highest BCUT2D eigenvalue weighted by atomic mass is 16.3. The van der Waals surface area contributed by atoms with Gasteiger partial charge in [0.1, 0.15) is 11.2 Å². The topological polar surface area (TPSA) is 16.4 Å². The number of hydrogen-bond donors (Lipinski definition) is 0. The molecule has 0 saturated heterocycles. The van der Waals surface area contributed by atoms with Crippen molar-refractivity contribution in [2.75, 3.05) is 4.90 Å². The molecule has 2 aliphatic carbocycles. The predicted molar refractivity (Wildman–Crippen MR) is 249 cm³/mol. The van der Waals surface area contributed by atoms with Gasteiger partial charge in [0, 0.05) is 38.5 Å². The van der Waals surface area contributed by atoms with Crippen LogP contribution >= 0.6 is 0 Å². The largest absolute Gasteiger partial charge is 0.456 e. The smallest absolute Gasteiger partial charge is 0.136 e. The Hall–Kier alpha value is -7.42. The van der Waals surface area contributed by atoms with Crippen LogP contribution < -0.4 is 4.90 Å². The van der Waals surface area contributed by atoms with E-state index in [-0.39, 0.29) is 10.8 Å². The first-order valence-corrected chi connectivity index (χ1v) is 20.9. The first-order chi connectivity index (χ1) is 29.5. The van der Waals surface area contributed by atoms with Gasteiger partial charge in [-0.15, -0.1) is 0 Å². The standard InChI is InChI=1S/C58H41NO/c1-57(40-18-5-3-6-19-40)49-26-12-9-23-44(49)48-37-43(32-34-51(48)57)59(42-22-15-17-38(35-42)39-31-33-46-45-24-11-14-30-54(45)60-55(46)36-39)53-29-16-28-52-56(53)47-25-10-13-27-50(47)58(52,2)41-20-7-4-8-21-41/h3-37H,1-2H3. The number of hydrogen-bond acceptors (Lipinski definition) is 2. The second-order valence-electron chi connectivity index (χ2n) is 16.7. The molecule has 2 atom stereocenters. The summed E-state index contributed by atoms with van der Waals surface area (Å²) in [7, 11) is 0. The summed E-state index contributed by atoms with van der Waals surface area (Å²) in [6.07, 6.45) is 0. The van der Waals surface area contributed by atoms with Crippen molar-refractivity contribution in [2.45, 2.75) is 24.7 Å². The second-order valence-corrected chi connectivity index (χ2v) is 16.7. The zero-order valence-corrected chi connectivity index (χ0v) is 33.6. The van der Waals surface area contributed by atoms with Gasteiger partial charge in [-0.1, -0.05) is 164 Å². The van der Waals surface area contributed by atoms with Crippen LogP contribution in [0.3, 0.4) is 0 Å². The molecule has 0 fully saturated rings. The number of rotatable bonds is 6. The van der Waals surface area contributed by atoms with Crippen LogP contribution in [0.4, 0.5) is 17.1 Å². The quantitative estimate of drug-likeness (QED) is 0.168. The van der Waals surface area contributed by atoms with Gasteiger partial charge in [0.2, 0.25) is 0 Å². The lowest BCUT2D eigenvalue weighted by atomic mass is 9.74. The van der Waals surface area contributed by atoms with Gasteiger partial charge in [-0.3, -0.25) is 0 Å². The van der Waals surface area contributed by atoms with E-state index >= 15 is 0 Å². The lowest BCUT2D eigenvalue weighted by molar-refractivity contribution is 0.669. The Morgan fingerprint density at radius 3 is 1.72 bits per heavy atom. The van der Waals surface area contributed by atoms with Gasteiger partial charge in [-0.25, -0.2) is 0 Å². The summed E-state index contributed by atoms with van der Waals surface area (Å²) >= 11 is 0. The van der Waals surface area contributed by atoms with E-state index < -0.39 is 0 Å². The van der Waals surface area contributed by atoms with Crippen LogP contribution in [0.25, 0.3) is 55.3 Å². The van der Waals surface area contributed by atoms with Crippen LogP contribution in [0.5, 0.6) is 0 Å². The van der Waals surface area contributed by atoms with E-state index in [1.807, 2.05) is 12.1 Å². The van der Waals surface area contributed by atoms with Crippen LogP contribution in [-0.2, 0) is 10.8 Å². The summed E-state index contributed by atoms with van der Waals surface area (Å²) in [5.74, 6) is 0. The summed E-state index contributed by atoms with van der Waals surface area (Å²) in [5, 5.41) is 2.27. The fourth-order valence-electron chi connectivity index (χ4n) is 10.7. The van der Waals surface area contributed by atoms with E-state index in [2.05, 4.69) is 219 Å². The fraction of sp³-hybridized carbons (Fsp3) is 0.0690. The highest BCUT2D eigenvalue weighted by Gasteiger charge is 2.43. The van der Waals surface area contributed by atoms with Crippen LogP contribution in [0.15, 0.2) is 217 Å². The molecule has 1 aromatic heterocycles. The molecule has 0 spiro atoms. The van der Waals surface area contributed by atoms with Gasteiger partial charge in [0.15, 0.2) is 0 Å². The SMILES string of the molecule is CC1(c2ccccc2)c2ccccc2-c2cc(N(c3cccc(-c4ccc5c(c4)oc4ccccc45)c3)c3cccc4c3-c3ccccc3C4(C)c3ccccc3)ccc21. The Kier molecular flexibility index (Phi) is 7.52. The van der Waals surface area contributed by atoms with Gasteiger partial charge in [0.05, 0.1) is 5.69 Å². The van der Waals surface area contributed by atoms with Crippen molar-refractivity contribution in [3.8, 4) is 33.4 Å². The van der Waals surface area contributed by atoms with Gasteiger partial charge in [-0.2, -0.15) is 0 Å². The predicted octanol–water partition coefficient (Wildman–Crippen LogP) is 15.4. The van der Waals surface area contributed by atoms with Crippen molar-refractivity contribution in [3.63, 3.8) is 0 Å². The Bertz CT molecular complexity index is 3310. The number of nitrogens with zero attached hydrogens (tertiary/aromatic N) is 1. The monoisotopic (exact) mass is 767 g/mol. The normalized spacial score (nSPS) is 17.3. The van der Waals surface area contributed by atoms with Gasteiger partial charge in [0.25, 0.3) is 0 Å². The van der Waals surface area contributed by atoms with Crippen LogP contribution in [0.1, 0.15) is 47.2 Å². The molecule has 0 bridgehead atoms. The van der Waals surface area contributed by atoms with Crippen LogP contribution in [-0.4, -0.2) is 0 Å². The van der Waals surface area contributed by atoms with E-state index in [4.69, 9.17) is 4.42 Å². The lowest BCUT2D eigenvalue weighted by Gasteiger charge is -2.31. The van der Waals surface area contributed by atoms with Crippen molar-refractivity contribution in [1.82, 2.24) is 0 Å². The van der Waals surface area contributed by atoms with Crippen LogP contribution in [0, 0.1) is 0 Å². The minimum absolute atomic E-state index is 0.282. The lowest BCUT2D eigenvalue weighted by Crippen LogP contribution is -2.22. The third-order valence-corrected chi connectivity index (χ3v) is 13.6. The van der Waals surface area contributed by atoms with Gasteiger partial charge in [-0.05, 0) is 124 Å². The summed E-state index contributed by atoms with van der Waals surface area (Å²) in [4.78, 5) is 2.50. The van der Waals surface area contributed by atoms with E-state index in [1.165, 1.54) is 55.6 Å². The number of furan rings is 1. The second kappa shape index (κ2) is 13.0. The maximum Gasteiger partial charge on any atom is 0.136 e. The Labute approximate surface area is 350 Å². The Morgan fingerprint density at radius 2 is 0.933 bits per heavy atom. The average molecular weight is 768 g/mol. The molecule has 2 nitrogen and oxygen atoms in total. The van der Waals surface area contributed by atoms with Crippen LogP contribution in [0.2, 0.25) is 0 Å². The molecule has 60 heavy (non-hydrogen) atoms. The van der Waals surface area contributed by atoms with Crippen molar-refractivity contribution < 1.29 is 4.42 Å². The molecule has 0 aliphatic heterocycles. The molecule has 2 unspecified atom stereocenters. The van der Waals surface area contributed by atoms with E-state index in [0.717, 1.165) is 50.1 Å². The summed E-state index contributed by atoms with van der Waals surface area (Å²) in [5.41, 5.74) is 19.8. The highest BCUT2D eigenvalue weighted by molar-refractivity contribution is 6.06. The first kappa shape index (κ1) is 34.6. The van der Waals surface area contributed by atoms with Crippen molar-refractivity contribution >= 4 is 39.0 Å². The third-order valence-electron chi connectivity index (χ3n) is 13.6. The number of anilines is 3. The molecule has 0 N–H and O–H groups in total. The molecule has 1 heterocycles. The molecule has 12 rings (SSSR count). The average Bonchev–Trinajstić information content (AvgIpc) is 3.91. The molecule has 0 amide bonds. The van der Waals surface area contributed by atoms with Crippen molar-refractivity contribution in [2.24, 2.45) is 0 Å². The zero-order valence-electron chi connectivity index (χ0n) is 33.6. The van der Waals surface area contributed by atoms with Gasteiger partial charge < -0.3 is 9.32 Å². The van der Waals surface area contributed by atoms with Crippen molar-refractivity contribution in [1.29, 1.82) is 0 Å². The molecule has 0 saturated carbocycles. The molecular formula is C58H41NO. The minimum atomic E-state index is -0.326.